The number of carbonyl (C=O) groups is 1. The molecule has 2 rings (SSSR count). The maximum absolute atomic E-state index is 12.5. The second kappa shape index (κ2) is 5.67. The average molecular weight is 300 g/mol. The molecule has 1 saturated heterocycles. The third-order valence-electron chi connectivity index (χ3n) is 3.74. The number of hydrogen-bond acceptors (Lipinski definition) is 2. The van der Waals surface area contributed by atoms with Crippen LogP contribution in [-0.2, 0) is 17.4 Å². The molecule has 0 saturated carbocycles. The van der Waals surface area contributed by atoms with Crippen LogP contribution in [0.4, 0.5) is 13.2 Å². The van der Waals surface area contributed by atoms with Gasteiger partial charge in [0.25, 0.3) is 0 Å². The Morgan fingerprint density at radius 3 is 2.43 bits per heavy atom. The van der Waals surface area contributed by atoms with Crippen LogP contribution in [0.15, 0.2) is 24.3 Å². The lowest BCUT2D eigenvalue weighted by Gasteiger charge is -2.43. The molecular formula is C15H19F3N2O. The van der Waals surface area contributed by atoms with Crippen molar-refractivity contribution in [3.05, 3.63) is 35.4 Å². The third-order valence-corrected chi connectivity index (χ3v) is 3.74. The molecule has 0 spiro atoms. The molecule has 1 aliphatic rings. The second-order valence-corrected chi connectivity index (χ2v) is 5.91. The van der Waals surface area contributed by atoms with E-state index in [0.29, 0.717) is 18.7 Å². The van der Waals surface area contributed by atoms with E-state index in [0.717, 1.165) is 18.7 Å². The Bertz CT molecular complexity index is 509. The highest BCUT2D eigenvalue weighted by Gasteiger charge is 2.33. The third kappa shape index (κ3) is 3.75. The van der Waals surface area contributed by atoms with Crippen molar-refractivity contribution in [2.75, 3.05) is 19.6 Å². The molecule has 3 nitrogen and oxygen atoms in total. The molecule has 1 fully saturated rings. The fraction of sp³-hybridized carbons (Fsp3) is 0.533. The van der Waals surface area contributed by atoms with E-state index in [-0.39, 0.29) is 17.9 Å². The number of amides is 1. The van der Waals surface area contributed by atoms with Crippen molar-refractivity contribution >= 4 is 5.91 Å². The van der Waals surface area contributed by atoms with Gasteiger partial charge in [0.2, 0.25) is 5.91 Å². The molecule has 21 heavy (non-hydrogen) atoms. The highest BCUT2D eigenvalue weighted by atomic mass is 19.4. The van der Waals surface area contributed by atoms with E-state index in [1.807, 2.05) is 13.8 Å². The average Bonchev–Trinajstić information content (AvgIpc) is 2.37. The van der Waals surface area contributed by atoms with E-state index in [1.54, 1.807) is 4.90 Å². The Morgan fingerprint density at radius 2 is 1.90 bits per heavy atom. The molecule has 0 aliphatic carbocycles. The van der Waals surface area contributed by atoms with Crippen molar-refractivity contribution in [1.82, 2.24) is 10.2 Å². The second-order valence-electron chi connectivity index (χ2n) is 5.91. The predicted molar refractivity (Wildman–Crippen MR) is 73.8 cm³/mol. The predicted octanol–water partition coefficient (Wildman–Crippen LogP) is 2.46. The van der Waals surface area contributed by atoms with Gasteiger partial charge in [0.1, 0.15) is 0 Å². The van der Waals surface area contributed by atoms with Crippen molar-refractivity contribution in [2.45, 2.75) is 32.0 Å². The van der Waals surface area contributed by atoms with Crippen LogP contribution in [0.2, 0.25) is 0 Å². The number of alkyl halides is 3. The summed E-state index contributed by atoms with van der Waals surface area (Å²) >= 11 is 0. The van der Waals surface area contributed by atoms with E-state index in [2.05, 4.69) is 5.32 Å². The van der Waals surface area contributed by atoms with Crippen LogP contribution in [-0.4, -0.2) is 36.0 Å². The first-order valence-corrected chi connectivity index (χ1v) is 6.87. The van der Waals surface area contributed by atoms with Gasteiger partial charge in [-0.3, -0.25) is 4.79 Å². The maximum atomic E-state index is 12.5. The van der Waals surface area contributed by atoms with E-state index >= 15 is 0 Å². The molecular weight excluding hydrogens is 281 g/mol. The van der Waals surface area contributed by atoms with Gasteiger partial charge in [0.05, 0.1) is 12.0 Å². The van der Waals surface area contributed by atoms with Gasteiger partial charge >= 0.3 is 6.18 Å². The first-order chi connectivity index (χ1) is 9.70. The largest absolute Gasteiger partial charge is 0.416 e. The van der Waals surface area contributed by atoms with E-state index in [4.69, 9.17) is 0 Å². The summed E-state index contributed by atoms with van der Waals surface area (Å²) in [5.41, 5.74) is -0.370. The molecule has 0 atom stereocenters. The van der Waals surface area contributed by atoms with Crippen LogP contribution in [0.25, 0.3) is 0 Å². The summed E-state index contributed by atoms with van der Waals surface area (Å²) in [6, 6.07) is 4.78. The lowest BCUT2D eigenvalue weighted by molar-refractivity contribution is -0.137. The molecule has 0 bridgehead atoms. The van der Waals surface area contributed by atoms with E-state index in [9.17, 15) is 18.0 Å². The van der Waals surface area contributed by atoms with Crippen molar-refractivity contribution < 1.29 is 18.0 Å². The summed E-state index contributed by atoms with van der Waals surface area (Å²) in [4.78, 5) is 14.1. The lowest BCUT2D eigenvalue weighted by Crippen LogP contribution is -2.60. The Morgan fingerprint density at radius 1 is 1.29 bits per heavy atom. The molecule has 116 valence electrons. The topological polar surface area (TPSA) is 32.3 Å². The first kappa shape index (κ1) is 15.8. The normalized spacial score (nSPS) is 18.6. The van der Waals surface area contributed by atoms with Gasteiger partial charge in [0.15, 0.2) is 0 Å². The minimum atomic E-state index is -4.34. The molecule has 1 heterocycles. The number of nitrogens with one attached hydrogen (secondary N) is 1. The Kier molecular flexibility index (Phi) is 4.27. The van der Waals surface area contributed by atoms with Gasteiger partial charge in [-0.05, 0) is 31.5 Å². The summed E-state index contributed by atoms with van der Waals surface area (Å²) in [6.45, 7) is 6.02. The van der Waals surface area contributed by atoms with E-state index < -0.39 is 11.7 Å². The van der Waals surface area contributed by atoms with Crippen LogP contribution in [0.3, 0.4) is 0 Å². The zero-order valence-electron chi connectivity index (χ0n) is 12.1. The van der Waals surface area contributed by atoms with E-state index in [1.165, 1.54) is 12.1 Å². The molecule has 1 aromatic carbocycles. The fourth-order valence-electron chi connectivity index (χ4n) is 2.53. The van der Waals surface area contributed by atoms with Gasteiger partial charge in [-0.2, -0.15) is 13.2 Å². The van der Waals surface area contributed by atoms with Gasteiger partial charge in [0, 0.05) is 25.2 Å². The summed E-state index contributed by atoms with van der Waals surface area (Å²) in [5.74, 6) is -0.0544. The Labute approximate surface area is 122 Å². The van der Waals surface area contributed by atoms with Crippen molar-refractivity contribution in [3.63, 3.8) is 0 Å². The van der Waals surface area contributed by atoms with Crippen LogP contribution in [0.1, 0.15) is 25.0 Å². The highest BCUT2D eigenvalue weighted by molar-refractivity contribution is 5.79. The van der Waals surface area contributed by atoms with Crippen LogP contribution in [0.5, 0.6) is 0 Å². The summed E-state index contributed by atoms with van der Waals surface area (Å²) in [5, 5.41) is 3.23. The van der Waals surface area contributed by atoms with Crippen molar-refractivity contribution in [1.29, 1.82) is 0 Å². The van der Waals surface area contributed by atoms with Gasteiger partial charge in [-0.1, -0.05) is 12.1 Å². The summed E-state index contributed by atoms with van der Waals surface area (Å²) in [7, 11) is 0. The fourth-order valence-corrected chi connectivity index (χ4v) is 2.53. The maximum Gasteiger partial charge on any atom is 0.416 e. The molecule has 1 amide bonds. The van der Waals surface area contributed by atoms with Crippen LogP contribution >= 0.6 is 0 Å². The summed E-state index contributed by atoms with van der Waals surface area (Å²) in [6.07, 6.45) is -4.22. The molecule has 0 aromatic heterocycles. The SMILES string of the molecule is CC1(C)CNCCN1C(=O)Cc1ccc(C(F)(F)F)cc1. The van der Waals surface area contributed by atoms with Crippen LogP contribution in [0, 0.1) is 0 Å². The Balaban J connectivity index is 2.06. The zero-order chi connectivity index (χ0) is 15.7. The summed E-state index contributed by atoms with van der Waals surface area (Å²) < 4.78 is 37.5. The van der Waals surface area contributed by atoms with Crippen molar-refractivity contribution in [3.8, 4) is 0 Å². The quantitative estimate of drug-likeness (QED) is 0.910. The molecule has 1 aliphatic heterocycles. The lowest BCUT2D eigenvalue weighted by atomic mass is 9.98. The molecule has 6 heteroatoms. The first-order valence-electron chi connectivity index (χ1n) is 6.87. The Hall–Kier alpha value is -1.56. The highest BCUT2D eigenvalue weighted by Crippen LogP contribution is 2.29. The molecule has 1 aromatic rings. The molecule has 0 unspecified atom stereocenters. The zero-order valence-corrected chi connectivity index (χ0v) is 12.1. The minimum absolute atomic E-state index is 0.0544. The molecule has 1 N–H and O–H groups in total. The number of hydrogen-bond donors (Lipinski definition) is 1. The van der Waals surface area contributed by atoms with Gasteiger partial charge < -0.3 is 10.2 Å². The smallest absolute Gasteiger partial charge is 0.335 e. The number of nitrogens with zero attached hydrogens (tertiary/aromatic N) is 1. The number of benzene rings is 1. The van der Waals surface area contributed by atoms with Crippen LogP contribution < -0.4 is 5.32 Å². The van der Waals surface area contributed by atoms with Crippen molar-refractivity contribution in [2.24, 2.45) is 0 Å². The monoisotopic (exact) mass is 300 g/mol. The number of carbonyl (C=O) groups excluding carboxylic acids is 1. The van der Waals surface area contributed by atoms with Gasteiger partial charge in [-0.15, -0.1) is 0 Å². The number of piperazine rings is 1. The molecule has 0 radical (unpaired) electrons. The minimum Gasteiger partial charge on any atom is -0.335 e. The standard InChI is InChI=1S/C15H19F3N2O/c1-14(2)10-19-7-8-20(14)13(21)9-11-3-5-12(6-4-11)15(16,17)18/h3-6,19H,7-10H2,1-2H3. The van der Waals surface area contributed by atoms with Gasteiger partial charge in [-0.25, -0.2) is 0 Å². The number of rotatable bonds is 2. The number of halogens is 3.